The lowest BCUT2D eigenvalue weighted by Crippen LogP contribution is -2.44. The van der Waals surface area contributed by atoms with Gasteiger partial charge < -0.3 is 15.7 Å². The van der Waals surface area contributed by atoms with Crippen molar-refractivity contribution in [2.24, 2.45) is 17.6 Å². The Labute approximate surface area is 124 Å². The number of rotatable bonds is 4. The normalized spacial score (nSPS) is 15.7. The Balaban J connectivity index is 2.22. The second-order valence-corrected chi connectivity index (χ2v) is 5.84. The summed E-state index contributed by atoms with van der Waals surface area (Å²) in [5.41, 5.74) is 7.84. The summed E-state index contributed by atoms with van der Waals surface area (Å²) < 4.78 is 0. The molecule has 0 saturated heterocycles. The summed E-state index contributed by atoms with van der Waals surface area (Å²) in [6.45, 7) is 5.36. The highest BCUT2D eigenvalue weighted by Crippen LogP contribution is 2.25. The van der Waals surface area contributed by atoms with E-state index in [2.05, 4.69) is 0 Å². The maximum atomic E-state index is 12.5. The van der Waals surface area contributed by atoms with E-state index in [1.807, 2.05) is 19.9 Å². The van der Waals surface area contributed by atoms with Crippen molar-refractivity contribution in [3.63, 3.8) is 0 Å². The molecule has 0 radical (unpaired) electrons. The van der Waals surface area contributed by atoms with E-state index in [1.165, 1.54) is 0 Å². The van der Waals surface area contributed by atoms with Crippen LogP contribution in [0, 0.1) is 11.8 Å². The van der Waals surface area contributed by atoms with Crippen LogP contribution in [0.1, 0.15) is 35.3 Å². The van der Waals surface area contributed by atoms with Crippen molar-refractivity contribution in [2.75, 3.05) is 13.1 Å². The SMILES string of the molecule is CC(C)C(CN)C(=O)N1CCc2c(cccc2C(=O)O)C1. The van der Waals surface area contributed by atoms with Gasteiger partial charge in [-0.05, 0) is 29.5 Å². The Bertz CT molecular complexity index is 554. The number of carbonyl (C=O) groups excluding carboxylic acids is 1. The van der Waals surface area contributed by atoms with Gasteiger partial charge in [-0.25, -0.2) is 4.79 Å². The van der Waals surface area contributed by atoms with Crippen LogP contribution in [0.2, 0.25) is 0 Å². The lowest BCUT2D eigenvalue weighted by atomic mass is 9.91. The van der Waals surface area contributed by atoms with E-state index in [4.69, 9.17) is 5.73 Å². The monoisotopic (exact) mass is 290 g/mol. The van der Waals surface area contributed by atoms with Gasteiger partial charge in [-0.3, -0.25) is 4.79 Å². The standard InChI is InChI=1S/C16H22N2O3/c1-10(2)14(8-17)15(19)18-7-6-12-11(9-18)4-3-5-13(12)16(20)21/h3-5,10,14H,6-9,17H2,1-2H3,(H,20,21). The van der Waals surface area contributed by atoms with Gasteiger partial charge in [0.05, 0.1) is 11.5 Å². The largest absolute Gasteiger partial charge is 0.478 e. The second-order valence-electron chi connectivity index (χ2n) is 5.84. The number of nitrogens with zero attached hydrogens (tertiary/aromatic N) is 1. The third kappa shape index (κ3) is 3.08. The predicted octanol–water partition coefficient (Wildman–Crippen LogP) is 1.50. The van der Waals surface area contributed by atoms with Crippen molar-refractivity contribution in [3.05, 3.63) is 34.9 Å². The summed E-state index contributed by atoms with van der Waals surface area (Å²) in [7, 11) is 0. The number of benzene rings is 1. The molecule has 1 unspecified atom stereocenters. The van der Waals surface area contributed by atoms with Gasteiger partial charge in [0.15, 0.2) is 0 Å². The molecule has 2 rings (SSSR count). The molecule has 1 atom stereocenters. The molecule has 5 nitrogen and oxygen atoms in total. The fourth-order valence-electron chi connectivity index (χ4n) is 2.89. The average molecular weight is 290 g/mol. The highest BCUT2D eigenvalue weighted by atomic mass is 16.4. The minimum absolute atomic E-state index is 0.0684. The third-order valence-electron chi connectivity index (χ3n) is 4.18. The fraction of sp³-hybridized carbons (Fsp3) is 0.500. The van der Waals surface area contributed by atoms with Crippen LogP contribution >= 0.6 is 0 Å². The Kier molecular flexibility index (Phi) is 4.63. The topological polar surface area (TPSA) is 83.6 Å². The fourth-order valence-corrected chi connectivity index (χ4v) is 2.89. The maximum Gasteiger partial charge on any atom is 0.335 e. The molecule has 0 spiro atoms. The molecule has 1 aromatic carbocycles. The molecule has 3 N–H and O–H groups in total. The van der Waals surface area contributed by atoms with Gasteiger partial charge in [-0.1, -0.05) is 26.0 Å². The molecule has 114 valence electrons. The summed E-state index contributed by atoms with van der Waals surface area (Å²) in [5.74, 6) is -0.809. The van der Waals surface area contributed by atoms with Crippen molar-refractivity contribution in [1.29, 1.82) is 0 Å². The summed E-state index contributed by atoms with van der Waals surface area (Å²) in [4.78, 5) is 25.6. The minimum Gasteiger partial charge on any atom is -0.478 e. The molecule has 0 bridgehead atoms. The molecule has 0 aromatic heterocycles. The third-order valence-corrected chi connectivity index (χ3v) is 4.18. The summed E-state index contributed by atoms with van der Waals surface area (Å²) in [6, 6.07) is 5.25. The Morgan fingerprint density at radius 2 is 2.10 bits per heavy atom. The molecule has 1 heterocycles. The number of nitrogens with two attached hydrogens (primary N) is 1. The van der Waals surface area contributed by atoms with Crippen molar-refractivity contribution in [1.82, 2.24) is 4.90 Å². The van der Waals surface area contributed by atoms with Crippen LogP contribution in [-0.2, 0) is 17.8 Å². The van der Waals surface area contributed by atoms with Crippen LogP contribution in [0.25, 0.3) is 0 Å². The molecule has 0 saturated carbocycles. The van der Waals surface area contributed by atoms with Crippen LogP contribution < -0.4 is 5.73 Å². The zero-order valence-corrected chi connectivity index (χ0v) is 12.5. The van der Waals surface area contributed by atoms with E-state index < -0.39 is 5.97 Å². The van der Waals surface area contributed by atoms with Crippen molar-refractivity contribution in [2.45, 2.75) is 26.8 Å². The molecule has 1 amide bonds. The van der Waals surface area contributed by atoms with Crippen LogP contribution in [0.4, 0.5) is 0 Å². The van der Waals surface area contributed by atoms with Gasteiger partial charge in [0.2, 0.25) is 5.91 Å². The highest BCUT2D eigenvalue weighted by Gasteiger charge is 2.29. The molecule has 0 fully saturated rings. The van der Waals surface area contributed by atoms with Crippen LogP contribution in [0.5, 0.6) is 0 Å². The van der Waals surface area contributed by atoms with Crippen LogP contribution in [0.3, 0.4) is 0 Å². The van der Waals surface area contributed by atoms with E-state index in [-0.39, 0.29) is 17.7 Å². The van der Waals surface area contributed by atoms with E-state index >= 15 is 0 Å². The minimum atomic E-state index is -0.909. The first-order valence-corrected chi connectivity index (χ1v) is 7.28. The van der Waals surface area contributed by atoms with E-state index in [9.17, 15) is 14.7 Å². The number of aromatic carboxylic acids is 1. The van der Waals surface area contributed by atoms with E-state index in [0.717, 1.165) is 11.1 Å². The number of hydrogen-bond donors (Lipinski definition) is 2. The number of carbonyl (C=O) groups is 2. The van der Waals surface area contributed by atoms with E-state index in [0.29, 0.717) is 31.6 Å². The predicted molar refractivity (Wildman–Crippen MR) is 79.9 cm³/mol. The first-order valence-electron chi connectivity index (χ1n) is 7.28. The van der Waals surface area contributed by atoms with Crippen molar-refractivity contribution >= 4 is 11.9 Å². The second kappa shape index (κ2) is 6.26. The van der Waals surface area contributed by atoms with Gasteiger partial charge in [-0.15, -0.1) is 0 Å². The molecule has 5 heteroatoms. The van der Waals surface area contributed by atoms with Crippen molar-refractivity contribution < 1.29 is 14.7 Å². The smallest absolute Gasteiger partial charge is 0.335 e. The zero-order chi connectivity index (χ0) is 15.6. The number of carboxylic acid groups (broad SMARTS) is 1. The molecular formula is C16H22N2O3. The number of hydrogen-bond acceptors (Lipinski definition) is 3. The lowest BCUT2D eigenvalue weighted by molar-refractivity contribution is -0.137. The van der Waals surface area contributed by atoms with Gasteiger partial charge in [0, 0.05) is 19.6 Å². The number of amides is 1. The zero-order valence-electron chi connectivity index (χ0n) is 12.5. The Morgan fingerprint density at radius 1 is 1.38 bits per heavy atom. The summed E-state index contributed by atoms with van der Waals surface area (Å²) >= 11 is 0. The van der Waals surface area contributed by atoms with Gasteiger partial charge in [-0.2, -0.15) is 0 Å². The van der Waals surface area contributed by atoms with Crippen LogP contribution in [0.15, 0.2) is 18.2 Å². The number of carboxylic acids is 1. The lowest BCUT2D eigenvalue weighted by Gasteiger charge is -2.33. The Hall–Kier alpha value is -1.88. The van der Waals surface area contributed by atoms with E-state index in [1.54, 1.807) is 17.0 Å². The summed E-state index contributed by atoms with van der Waals surface area (Å²) in [6.07, 6.45) is 0.582. The highest BCUT2D eigenvalue weighted by molar-refractivity contribution is 5.90. The molecule has 21 heavy (non-hydrogen) atoms. The molecule has 1 aromatic rings. The number of fused-ring (bicyclic) bond motifs is 1. The van der Waals surface area contributed by atoms with Crippen LogP contribution in [-0.4, -0.2) is 35.0 Å². The molecule has 1 aliphatic heterocycles. The molecule has 1 aliphatic rings. The molecule has 0 aliphatic carbocycles. The van der Waals surface area contributed by atoms with Gasteiger partial charge >= 0.3 is 5.97 Å². The summed E-state index contributed by atoms with van der Waals surface area (Å²) in [5, 5.41) is 9.22. The first-order chi connectivity index (χ1) is 9.95. The maximum absolute atomic E-state index is 12.5. The van der Waals surface area contributed by atoms with Gasteiger partial charge in [0.25, 0.3) is 0 Å². The van der Waals surface area contributed by atoms with Crippen molar-refractivity contribution in [3.8, 4) is 0 Å². The molecular weight excluding hydrogens is 268 g/mol. The van der Waals surface area contributed by atoms with Gasteiger partial charge in [0.1, 0.15) is 0 Å². The quantitative estimate of drug-likeness (QED) is 0.880. The Morgan fingerprint density at radius 3 is 2.67 bits per heavy atom. The first kappa shape index (κ1) is 15.5. The average Bonchev–Trinajstić information content (AvgIpc) is 2.46.